The molecule has 2 heterocycles. The van der Waals surface area contributed by atoms with Crippen LogP contribution in [0.4, 0.5) is 5.69 Å². The van der Waals surface area contributed by atoms with Crippen LogP contribution in [0.15, 0.2) is 17.5 Å². The lowest BCUT2D eigenvalue weighted by atomic mass is 10.1. The number of nitrogens with zero attached hydrogens (tertiary/aromatic N) is 4. The lowest BCUT2D eigenvalue weighted by molar-refractivity contribution is 0.0527. The molecule has 27 heavy (non-hydrogen) atoms. The maximum absolute atomic E-state index is 12.4. The van der Waals surface area contributed by atoms with Gasteiger partial charge in [0.25, 0.3) is 0 Å². The summed E-state index contributed by atoms with van der Waals surface area (Å²) in [5, 5.41) is 9.79. The number of nitrogens with one attached hydrogen (secondary N) is 1. The Bertz CT molecular complexity index is 772. The van der Waals surface area contributed by atoms with E-state index in [0.717, 1.165) is 55.3 Å². The van der Waals surface area contributed by atoms with Crippen molar-refractivity contribution in [3.05, 3.63) is 18.0 Å². The van der Waals surface area contributed by atoms with Crippen LogP contribution < -0.4 is 5.43 Å². The first kappa shape index (κ1) is 20.9. The van der Waals surface area contributed by atoms with Crippen LogP contribution >= 0.6 is 0 Å². The van der Waals surface area contributed by atoms with Crippen molar-refractivity contribution >= 4 is 28.4 Å². The van der Waals surface area contributed by atoms with Gasteiger partial charge in [0.05, 0.1) is 23.9 Å². The number of hydrazone groups is 1. The first-order chi connectivity index (χ1) is 13.2. The van der Waals surface area contributed by atoms with Crippen LogP contribution in [0, 0.1) is 0 Å². The maximum Gasteiger partial charge on any atom is 0.341 e. The molecule has 7 heteroatoms. The molecule has 0 unspecified atom stereocenters. The second kappa shape index (κ2) is 10.6. The highest BCUT2D eigenvalue weighted by atomic mass is 16.5. The lowest BCUT2D eigenvalue weighted by Crippen LogP contribution is -2.11. The van der Waals surface area contributed by atoms with Gasteiger partial charge in [-0.1, -0.05) is 26.7 Å². The summed E-state index contributed by atoms with van der Waals surface area (Å²) in [5.74, 6) is -0.405. The molecule has 0 saturated carbocycles. The summed E-state index contributed by atoms with van der Waals surface area (Å²) in [6, 6.07) is 0. The molecule has 1 N–H and O–H groups in total. The Morgan fingerprint density at radius 1 is 1.15 bits per heavy atom. The Balaban J connectivity index is 2.42. The summed E-state index contributed by atoms with van der Waals surface area (Å²) in [6.07, 6.45) is 9.66. The standard InChI is InChI=1S/C20H31N5O2/c1-5-9-11-15(12-10-6-2)23-24-18-16-14-22-25(7-3)19(16)21-13-17(18)20(26)27-8-4/h13-14H,5-12H2,1-4H3,(H,21,24). The predicted octanol–water partition coefficient (Wildman–Crippen LogP) is 4.78. The Hall–Kier alpha value is -2.44. The number of hydrogen-bond acceptors (Lipinski definition) is 6. The third-order valence-corrected chi connectivity index (χ3v) is 4.42. The number of aryl methyl sites for hydroxylation is 1. The van der Waals surface area contributed by atoms with Gasteiger partial charge in [-0.2, -0.15) is 10.2 Å². The molecule has 0 saturated heterocycles. The van der Waals surface area contributed by atoms with E-state index < -0.39 is 5.97 Å². The summed E-state index contributed by atoms with van der Waals surface area (Å²) in [7, 11) is 0. The van der Waals surface area contributed by atoms with Gasteiger partial charge in [-0.25, -0.2) is 14.5 Å². The average molecular weight is 374 g/mol. The van der Waals surface area contributed by atoms with E-state index in [4.69, 9.17) is 4.74 Å². The van der Waals surface area contributed by atoms with Crippen molar-refractivity contribution < 1.29 is 9.53 Å². The zero-order valence-electron chi connectivity index (χ0n) is 16.9. The molecule has 0 aliphatic carbocycles. The summed E-state index contributed by atoms with van der Waals surface area (Å²) >= 11 is 0. The highest BCUT2D eigenvalue weighted by Gasteiger charge is 2.19. The van der Waals surface area contributed by atoms with Crippen LogP contribution in [0.3, 0.4) is 0 Å². The molecule has 7 nitrogen and oxygen atoms in total. The van der Waals surface area contributed by atoms with Crippen LogP contribution in [0.1, 0.15) is 76.6 Å². The van der Waals surface area contributed by atoms with Crippen LogP contribution in [0.5, 0.6) is 0 Å². The Labute approximate surface area is 161 Å². The zero-order chi connectivity index (χ0) is 19.6. The molecule has 0 amide bonds. The van der Waals surface area contributed by atoms with Crippen LogP contribution in [-0.4, -0.2) is 33.1 Å². The van der Waals surface area contributed by atoms with Crippen LogP contribution in [0.25, 0.3) is 11.0 Å². The molecule has 0 spiro atoms. The van der Waals surface area contributed by atoms with Crippen molar-refractivity contribution in [1.82, 2.24) is 14.8 Å². The van der Waals surface area contributed by atoms with E-state index >= 15 is 0 Å². The van der Waals surface area contributed by atoms with E-state index in [1.807, 2.05) is 6.92 Å². The summed E-state index contributed by atoms with van der Waals surface area (Å²) in [4.78, 5) is 16.8. The number of unbranched alkanes of at least 4 members (excludes halogenated alkanes) is 2. The summed E-state index contributed by atoms with van der Waals surface area (Å²) in [5.41, 5.74) is 6.00. The van der Waals surface area contributed by atoms with Gasteiger partial charge in [0.2, 0.25) is 0 Å². The fourth-order valence-electron chi connectivity index (χ4n) is 2.88. The van der Waals surface area contributed by atoms with E-state index in [2.05, 4.69) is 34.5 Å². The molecule has 2 rings (SSSR count). The van der Waals surface area contributed by atoms with Gasteiger partial charge < -0.3 is 4.74 Å². The Kier molecular flexibility index (Phi) is 8.23. The lowest BCUT2D eigenvalue weighted by Gasteiger charge is -2.11. The number of ether oxygens (including phenoxy) is 1. The fraction of sp³-hybridized carbons (Fsp3) is 0.600. The van der Waals surface area contributed by atoms with Crippen molar-refractivity contribution in [2.24, 2.45) is 5.10 Å². The minimum Gasteiger partial charge on any atom is -0.462 e. The van der Waals surface area contributed by atoms with E-state index in [-0.39, 0.29) is 0 Å². The molecule has 0 aliphatic heterocycles. The zero-order valence-corrected chi connectivity index (χ0v) is 16.9. The predicted molar refractivity (Wildman–Crippen MR) is 109 cm³/mol. The molecule has 0 fully saturated rings. The largest absolute Gasteiger partial charge is 0.462 e. The number of esters is 1. The number of carbonyl (C=O) groups excluding carboxylic acids is 1. The van der Waals surface area contributed by atoms with E-state index in [1.165, 1.54) is 0 Å². The average Bonchev–Trinajstić information content (AvgIpc) is 3.10. The first-order valence-electron chi connectivity index (χ1n) is 9.99. The molecule has 0 aromatic carbocycles. The third-order valence-electron chi connectivity index (χ3n) is 4.42. The van der Waals surface area contributed by atoms with Crippen molar-refractivity contribution in [2.45, 2.75) is 72.8 Å². The molecule has 148 valence electrons. The number of fused-ring (bicyclic) bond motifs is 1. The number of hydrogen-bond donors (Lipinski definition) is 1. The number of aromatic nitrogens is 3. The normalized spacial score (nSPS) is 10.8. The number of rotatable bonds is 11. The van der Waals surface area contributed by atoms with Crippen LogP contribution in [-0.2, 0) is 11.3 Å². The molecular weight excluding hydrogens is 342 g/mol. The minimum atomic E-state index is -0.405. The quantitative estimate of drug-likeness (QED) is 0.348. The van der Waals surface area contributed by atoms with E-state index in [1.54, 1.807) is 24.0 Å². The highest BCUT2D eigenvalue weighted by molar-refractivity contribution is 6.04. The first-order valence-corrected chi connectivity index (χ1v) is 9.99. The second-order valence-electron chi connectivity index (χ2n) is 6.46. The fourth-order valence-corrected chi connectivity index (χ4v) is 2.88. The molecule has 0 radical (unpaired) electrons. The number of carbonyl (C=O) groups is 1. The second-order valence-corrected chi connectivity index (χ2v) is 6.46. The molecule has 2 aromatic heterocycles. The van der Waals surface area contributed by atoms with Crippen molar-refractivity contribution in [2.75, 3.05) is 12.0 Å². The van der Waals surface area contributed by atoms with Gasteiger partial charge in [0.15, 0.2) is 5.65 Å². The minimum absolute atomic E-state index is 0.312. The molecule has 0 bridgehead atoms. The summed E-state index contributed by atoms with van der Waals surface area (Å²) in [6.45, 7) is 9.16. The van der Waals surface area contributed by atoms with Gasteiger partial charge in [0.1, 0.15) is 5.56 Å². The van der Waals surface area contributed by atoms with Gasteiger partial charge >= 0.3 is 5.97 Å². The highest BCUT2D eigenvalue weighted by Crippen LogP contribution is 2.27. The number of pyridine rings is 1. The van der Waals surface area contributed by atoms with Gasteiger partial charge in [-0.05, 0) is 39.5 Å². The van der Waals surface area contributed by atoms with Crippen molar-refractivity contribution in [3.63, 3.8) is 0 Å². The Morgan fingerprint density at radius 3 is 2.44 bits per heavy atom. The smallest absolute Gasteiger partial charge is 0.341 e. The van der Waals surface area contributed by atoms with E-state index in [9.17, 15) is 4.79 Å². The van der Waals surface area contributed by atoms with Crippen LogP contribution in [0.2, 0.25) is 0 Å². The van der Waals surface area contributed by atoms with Gasteiger partial charge in [-0.15, -0.1) is 0 Å². The SMILES string of the molecule is CCCCC(CCCC)=NNc1c(C(=O)OCC)cnc2c1cnn2CC. The van der Waals surface area contributed by atoms with E-state index in [0.29, 0.717) is 24.4 Å². The van der Waals surface area contributed by atoms with Gasteiger partial charge in [0, 0.05) is 18.5 Å². The van der Waals surface area contributed by atoms with Crippen molar-refractivity contribution in [3.8, 4) is 0 Å². The molecular formula is C20H31N5O2. The topological polar surface area (TPSA) is 81.4 Å². The third kappa shape index (κ3) is 5.28. The number of anilines is 1. The molecule has 2 aromatic rings. The maximum atomic E-state index is 12.4. The van der Waals surface area contributed by atoms with Crippen molar-refractivity contribution in [1.29, 1.82) is 0 Å². The molecule has 0 aliphatic rings. The summed E-state index contributed by atoms with van der Waals surface area (Å²) < 4.78 is 6.99. The molecule has 0 atom stereocenters. The van der Waals surface area contributed by atoms with Gasteiger partial charge in [-0.3, -0.25) is 5.43 Å². The Morgan fingerprint density at radius 2 is 1.85 bits per heavy atom. The monoisotopic (exact) mass is 373 g/mol.